The minimum absolute atomic E-state index is 0.153. The van der Waals surface area contributed by atoms with Gasteiger partial charge in [0.1, 0.15) is 0 Å². The average Bonchev–Trinajstić information content (AvgIpc) is 3.07. The third-order valence-corrected chi connectivity index (χ3v) is 10.0. The summed E-state index contributed by atoms with van der Waals surface area (Å²) >= 11 is 0. The van der Waals surface area contributed by atoms with Crippen molar-refractivity contribution in [2.24, 2.45) is 5.92 Å². The Balaban J connectivity index is 1.18. The van der Waals surface area contributed by atoms with Gasteiger partial charge in [0, 0.05) is 17.1 Å². The number of nitrogens with zero attached hydrogens (tertiary/aromatic N) is 1. The van der Waals surface area contributed by atoms with Gasteiger partial charge in [0.15, 0.2) is 0 Å². The Kier molecular flexibility index (Phi) is 7.26. The molecule has 0 unspecified atom stereocenters. The summed E-state index contributed by atoms with van der Waals surface area (Å²) in [7, 11) is 0. The zero-order valence-electron chi connectivity index (χ0n) is 28.9. The van der Waals surface area contributed by atoms with E-state index < -0.39 is 0 Å². The molecule has 0 heterocycles. The Morgan fingerprint density at radius 3 is 1.75 bits per heavy atom. The van der Waals surface area contributed by atoms with Crippen LogP contribution in [0.2, 0.25) is 0 Å². The van der Waals surface area contributed by atoms with Crippen molar-refractivity contribution >= 4 is 38.6 Å². The summed E-state index contributed by atoms with van der Waals surface area (Å²) < 4.78 is 0. The minimum Gasteiger partial charge on any atom is -0.310 e. The molecule has 0 fully saturated rings. The topological polar surface area (TPSA) is 3.24 Å². The van der Waals surface area contributed by atoms with E-state index in [1.54, 1.807) is 0 Å². The molecule has 0 aliphatic heterocycles. The van der Waals surface area contributed by atoms with E-state index in [0.717, 1.165) is 6.42 Å². The molecule has 0 spiro atoms. The van der Waals surface area contributed by atoms with Gasteiger partial charge < -0.3 is 4.90 Å². The number of hydrogen-bond donors (Lipinski definition) is 0. The van der Waals surface area contributed by atoms with Crippen LogP contribution in [0.3, 0.4) is 0 Å². The molecule has 8 rings (SSSR count). The second-order valence-corrected chi connectivity index (χ2v) is 15.1. The van der Waals surface area contributed by atoms with E-state index in [1.165, 1.54) is 88.7 Å². The van der Waals surface area contributed by atoms with E-state index in [-0.39, 0.29) is 5.41 Å². The maximum atomic E-state index is 2.43. The van der Waals surface area contributed by atoms with E-state index in [1.807, 2.05) is 0 Å². The van der Waals surface area contributed by atoms with Gasteiger partial charge in [-0.25, -0.2) is 0 Å². The number of rotatable bonds is 6. The average molecular weight is 622 g/mol. The van der Waals surface area contributed by atoms with Crippen LogP contribution in [0, 0.1) is 12.8 Å². The van der Waals surface area contributed by atoms with Crippen molar-refractivity contribution in [2.45, 2.75) is 53.4 Å². The lowest BCUT2D eigenvalue weighted by Gasteiger charge is -2.29. The van der Waals surface area contributed by atoms with E-state index in [2.05, 4.69) is 180 Å². The molecule has 48 heavy (non-hydrogen) atoms. The van der Waals surface area contributed by atoms with Gasteiger partial charge in [0.05, 0.1) is 0 Å². The Morgan fingerprint density at radius 1 is 0.521 bits per heavy atom. The largest absolute Gasteiger partial charge is 0.310 e. The molecule has 1 aliphatic rings. The fourth-order valence-electron chi connectivity index (χ4n) is 7.43. The molecule has 0 aromatic heterocycles. The summed E-state index contributed by atoms with van der Waals surface area (Å²) in [6.07, 6.45) is 1.07. The summed E-state index contributed by atoms with van der Waals surface area (Å²) in [5.74, 6) is 0.609. The molecular formula is C47H43N. The Hall–Kier alpha value is -5.14. The second kappa shape index (κ2) is 11.5. The van der Waals surface area contributed by atoms with Gasteiger partial charge in [0.2, 0.25) is 0 Å². The standard InChI is InChI=1S/C47H43N/c1-30(2)22-32-11-9-12-40(23-32)48(46-13-8-7-10-31(46)3)41-21-18-36-27-43-42-26-35-15-14-34(33-16-19-39(20-17-33)47(4,5)6)24-37(35)28-44(42)45(43)29-38(36)25-41/h7-21,23-30H,22H2,1-6H3. The van der Waals surface area contributed by atoms with Gasteiger partial charge in [0.25, 0.3) is 0 Å². The predicted molar refractivity (Wildman–Crippen MR) is 208 cm³/mol. The quantitative estimate of drug-likeness (QED) is 0.179. The molecule has 1 nitrogen and oxygen atoms in total. The van der Waals surface area contributed by atoms with E-state index in [9.17, 15) is 0 Å². The molecule has 236 valence electrons. The summed E-state index contributed by atoms with van der Waals surface area (Å²) in [6.45, 7) is 13.6. The molecule has 1 aliphatic carbocycles. The summed E-state index contributed by atoms with van der Waals surface area (Å²) in [4.78, 5) is 2.43. The van der Waals surface area contributed by atoms with Crippen LogP contribution in [0.5, 0.6) is 0 Å². The van der Waals surface area contributed by atoms with Gasteiger partial charge in [-0.05, 0) is 157 Å². The Morgan fingerprint density at radius 2 is 1.10 bits per heavy atom. The first kappa shape index (κ1) is 30.2. The van der Waals surface area contributed by atoms with Crippen molar-refractivity contribution in [1.82, 2.24) is 0 Å². The fourth-order valence-corrected chi connectivity index (χ4v) is 7.43. The van der Waals surface area contributed by atoms with Gasteiger partial charge >= 0.3 is 0 Å². The molecule has 0 amide bonds. The van der Waals surface area contributed by atoms with Crippen LogP contribution < -0.4 is 4.90 Å². The van der Waals surface area contributed by atoms with Crippen molar-refractivity contribution in [3.8, 4) is 33.4 Å². The van der Waals surface area contributed by atoms with Gasteiger partial charge in [-0.1, -0.05) is 107 Å². The molecule has 7 aromatic rings. The van der Waals surface area contributed by atoms with Gasteiger partial charge in [-0.15, -0.1) is 0 Å². The highest BCUT2D eigenvalue weighted by Crippen LogP contribution is 2.51. The Bertz CT molecular complexity index is 2330. The molecule has 0 saturated heterocycles. The normalized spacial score (nSPS) is 12.2. The minimum atomic E-state index is 0.153. The maximum absolute atomic E-state index is 2.43. The third-order valence-electron chi connectivity index (χ3n) is 10.0. The van der Waals surface area contributed by atoms with Crippen molar-refractivity contribution in [2.75, 3.05) is 4.90 Å². The zero-order valence-corrected chi connectivity index (χ0v) is 28.9. The van der Waals surface area contributed by atoms with E-state index in [0.29, 0.717) is 5.92 Å². The number of hydrogen-bond acceptors (Lipinski definition) is 1. The number of aryl methyl sites for hydroxylation is 1. The third kappa shape index (κ3) is 5.38. The molecule has 0 radical (unpaired) electrons. The predicted octanol–water partition coefficient (Wildman–Crippen LogP) is 13.6. The van der Waals surface area contributed by atoms with Crippen LogP contribution in [-0.4, -0.2) is 0 Å². The van der Waals surface area contributed by atoms with Crippen LogP contribution in [0.1, 0.15) is 51.3 Å². The highest BCUT2D eigenvalue weighted by atomic mass is 15.1. The van der Waals surface area contributed by atoms with E-state index >= 15 is 0 Å². The lowest BCUT2D eigenvalue weighted by molar-refractivity contribution is 0.590. The van der Waals surface area contributed by atoms with Crippen molar-refractivity contribution in [1.29, 1.82) is 0 Å². The van der Waals surface area contributed by atoms with Crippen molar-refractivity contribution < 1.29 is 0 Å². The molecule has 7 aromatic carbocycles. The summed E-state index contributed by atoms with van der Waals surface area (Å²) in [5, 5.41) is 5.12. The fraction of sp³-hybridized carbons (Fsp3) is 0.191. The molecule has 0 N–H and O–H groups in total. The molecule has 0 atom stereocenters. The first-order valence-electron chi connectivity index (χ1n) is 17.3. The first-order chi connectivity index (χ1) is 23.1. The molecule has 0 bridgehead atoms. The maximum Gasteiger partial charge on any atom is 0.0490 e. The zero-order chi connectivity index (χ0) is 33.2. The summed E-state index contributed by atoms with van der Waals surface area (Å²) in [6, 6.07) is 50.3. The number of para-hydroxylation sites is 1. The second-order valence-electron chi connectivity index (χ2n) is 15.1. The highest BCUT2D eigenvalue weighted by Gasteiger charge is 2.24. The van der Waals surface area contributed by atoms with Gasteiger partial charge in [-0.3, -0.25) is 0 Å². The number of benzene rings is 7. The monoisotopic (exact) mass is 621 g/mol. The molecular weight excluding hydrogens is 579 g/mol. The first-order valence-corrected chi connectivity index (χ1v) is 17.3. The van der Waals surface area contributed by atoms with Crippen LogP contribution in [0.25, 0.3) is 54.9 Å². The smallest absolute Gasteiger partial charge is 0.0490 e. The number of anilines is 3. The van der Waals surface area contributed by atoms with Crippen LogP contribution in [0.15, 0.2) is 133 Å². The molecule has 1 heteroatoms. The Labute approximate surface area is 285 Å². The van der Waals surface area contributed by atoms with Crippen LogP contribution in [0.4, 0.5) is 17.1 Å². The van der Waals surface area contributed by atoms with Crippen LogP contribution >= 0.6 is 0 Å². The SMILES string of the molecule is Cc1ccccc1N(c1cccc(CC(C)C)c1)c1ccc2cc3c(cc2c1)-c1cc2cc(-c4ccc(C(C)(C)C)cc4)ccc2cc1-3. The lowest BCUT2D eigenvalue weighted by Crippen LogP contribution is -2.12. The highest BCUT2D eigenvalue weighted by molar-refractivity contribution is 6.12. The van der Waals surface area contributed by atoms with Gasteiger partial charge in [-0.2, -0.15) is 0 Å². The number of fused-ring (bicyclic) bond motifs is 6. The van der Waals surface area contributed by atoms with Crippen molar-refractivity contribution in [3.63, 3.8) is 0 Å². The van der Waals surface area contributed by atoms with Crippen LogP contribution in [-0.2, 0) is 11.8 Å². The van der Waals surface area contributed by atoms with Crippen molar-refractivity contribution in [3.05, 3.63) is 150 Å². The summed E-state index contributed by atoms with van der Waals surface area (Å²) in [5.41, 5.74) is 15.7. The van der Waals surface area contributed by atoms with E-state index in [4.69, 9.17) is 0 Å². The molecule has 0 saturated carbocycles. The lowest BCUT2D eigenvalue weighted by atomic mass is 9.77.